The smallest absolute Gasteiger partial charge is 0.229 e. The molecule has 2 saturated heterocycles. The number of nitrogens with one attached hydrogen (secondary N) is 1. The summed E-state index contributed by atoms with van der Waals surface area (Å²) in [5.41, 5.74) is 5.31. The fraction of sp³-hybridized carbons (Fsp3) is 0.929. The third-order valence-corrected chi connectivity index (χ3v) is 4.12. The van der Waals surface area contributed by atoms with Gasteiger partial charge in [-0.2, -0.15) is 0 Å². The molecule has 0 aromatic carbocycles. The van der Waals surface area contributed by atoms with Crippen LogP contribution < -0.4 is 11.1 Å². The van der Waals surface area contributed by atoms with Crippen LogP contribution in [-0.4, -0.2) is 57.6 Å². The van der Waals surface area contributed by atoms with Crippen LogP contribution in [0.4, 0.5) is 0 Å². The quantitative estimate of drug-likeness (QED) is 0.646. The first-order chi connectivity index (χ1) is 9.63. The summed E-state index contributed by atoms with van der Waals surface area (Å²) in [5, 5.41) is 2.91. The van der Waals surface area contributed by atoms with Crippen molar-refractivity contribution in [3.8, 4) is 0 Å². The highest BCUT2D eigenvalue weighted by atomic mass is 16.5. The summed E-state index contributed by atoms with van der Waals surface area (Å²) in [6, 6.07) is -0.224. The minimum Gasteiger partial charge on any atom is -0.379 e. The lowest BCUT2D eigenvalue weighted by atomic mass is 9.85. The van der Waals surface area contributed by atoms with Crippen LogP contribution in [0.1, 0.15) is 26.2 Å². The topological polar surface area (TPSA) is 82.8 Å². The molecule has 0 aliphatic carbocycles. The van der Waals surface area contributed by atoms with Crippen LogP contribution in [0.25, 0.3) is 0 Å². The zero-order chi connectivity index (χ0) is 14.4. The van der Waals surface area contributed by atoms with Crippen LogP contribution in [0.5, 0.6) is 0 Å². The van der Waals surface area contributed by atoms with Crippen molar-refractivity contribution < 1.29 is 19.0 Å². The van der Waals surface area contributed by atoms with E-state index < -0.39 is 5.41 Å². The van der Waals surface area contributed by atoms with Gasteiger partial charge in [0, 0.05) is 25.8 Å². The van der Waals surface area contributed by atoms with Crippen LogP contribution in [0.3, 0.4) is 0 Å². The van der Waals surface area contributed by atoms with E-state index in [9.17, 15) is 4.79 Å². The van der Waals surface area contributed by atoms with Crippen molar-refractivity contribution in [2.75, 3.05) is 39.6 Å². The number of amides is 1. The Bertz CT molecular complexity index is 320. The van der Waals surface area contributed by atoms with Crippen molar-refractivity contribution in [2.45, 2.75) is 38.3 Å². The SMILES string of the molecule is CC1(C(=O)NCCCOCC2CCCO2)COCC1N. The summed E-state index contributed by atoms with van der Waals surface area (Å²) in [6.07, 6.45) is 3.28. The van der Waals surface area contributed by atoms with Crippen molar-refractivity contribution in [2.24, 2.45) is 11.1 Å². The van der Waals surface area contributed by atoms with Gasteiger partial charge in [-0.1, -0.05) is 0 Å². The molecule has 0 saturated carbocycles. The van der Waals surface area contributed by atoms with E-state index in [1.807, 2.05) is 6.92 Å². The lowest BCUT2D eigenvalue weighted by Crippen LogP contribution is -2.50. The molecule has 0 spiro atoms. The largest absolute Gasteiger partial charge is 0.379 e. The highest BCUT2D eigenvalue weighted by Crippen LogP contribution is 2.26. The van der Waals surface area contributed by atoms with Gasteiger partial charge in [-0.05, 0) is 26.2 Å². The molecule has 2 aliphatic rings. The Labute approximate surface area is 120 Å². The number of carbonyl (C=O) groups excluding carboxylic acids is 1. The van der Waals surface area contributed by atoms with Gasteiger partial charge in [0.15, 0.2) is 0 Å². The molecule has 2 heterocycles. The molecule has 0 bridgehead atoms. The summed E-state index contributed by atoms with van der Waals surface area (Å²) < 4.78 is 16.3. The number of nitrogens with two attached hydrogens (primary N) is 1. The summed E-state index contributed by atoms with van der Waals surface area (Å²) in [4.78, 5) is 12.1. The molecule has 0 aromatic heterocycles. The highest BCUT2D eigenvalue weighted by molar-refractivity contribution is 5.83. The summed E-state index contributed by atoms with van der Waals surface area (Å²) in [6.45, 7) is 5.46. The molecule has 0 aromatic rings. The Kier molecular flexibility index (Phi) is 5.77. The fourth-order valence-corrected chi connectivity index (χ4v) is 2.49. The van der Waals surface area contributed by atoms with Crippen LogP contribution >= 0.6 is 0 Å². The standard InChI is InChI=1S/C14H26N2O4/c1-14(10-19-9-12(14)15)13(17)16-5-3-6-18-8-11-4-2-7-20-11/h11-12H,2-10,15H2,1H3,(H,16,17). The second-order valence-corrected chi connectivity index (χ2v) is 5.86. The zero-order valence-corrected chi connectivity index (χ0v) is 12.2. The normalized spacial score (nSPS) is 33.5. The first-order valence-corrected chi connectivity index (χ1v) is 7.44. The number of carbonyl (C=O) groups is 1. The first-order valence-electron chi connectivity index (χ1n) is 7.44. The van der Waals surface area contributed by atoms with E-state index in [1.165, 1.54) is 0 Å². The molecule has 6 heteroatoms. The van der Waals surface area contributed by atoms with Crippen molar-refractivity contribution in [1.82, 2.24) is 5.32 Å². The molecule has 6 nitrogen and oxygen atoms in total. The average Bonchev–Trinajstić information content (AvgIpc) is 3.05. The van der Waals surface area contributed by atoms with Gasteiger partial charge in [0.1, 0.15) is 0 Å². The van der Waals surface area contributed by atoms with Crippen LogP contribution in [-0.2, 0) is 19.0 Å². The number of rotatable bonds is 7. The molecular weight excluding hydrogens is 260 g/mol. The van der Waals surface area contributed by atoms with E-state index in [1.54, 1.807) is 0 Å². The van der Waals surface area contributed by atoms with Crippen molar-refractivity contribution in [1.29, 1.82) is 0 Å². The van der Waals surface area contributed by atoms with Gasteiger partial charge in [0.2, 0.25) is 5.91 Å². The van der Waals surface area contributed by atoms with Crippen LogP contribution in [0.2, 0.25) is 0 Å². The molecule has 1 amide bonds. The van der Waals surface area contributed by atoms with E-state index in [2.05, 4.69) is 5.32 Å². The summed E-state index contributed by atoms with van der Waals surface area (Å²) in [5.74, 6) is -0.0263. The van der Waals surface area contributed by atoms with E-state index in [-0.39, 0.29) is 18.1 Å². The Balaban J connectivity index is 1.53. The molecule has 3 unspecified atom stereocenters. The monoisotopic (exact) mass is 286 g/mol. The van der Waals surface area contributed by atoms with Crippen molar-refractivity contribution in [3.05, 3.63) is 0 Å². The number of hydrogen-bond acceptors (Lipinski definition) is 5. The van der Waals surface area contributed by atoms with Gasteiger partial charge in [0.05, 0.1) is 31.3 Å². The average molecular weight is 286 g/mol. The minimum atomic E-state index is -0.599. The zero-order valence-electron chi connectivity index (χ0n) is 12.2. The molecule has 2 fully saturated rings. The summed E-state index contributed by atoms with van der Waals surface area (Å²) in [7, 11) is 0. The molecule has 20 heavy (non-hydrogen) atoms. The Morgan fingerprint density at radius 2 is 2.40 bits per heavy atom. The third kappa shape index (κ3) is 3.91. The van der Waals surface area contributed by atoms with Gasteiger partial charge < -0.3 is 25.3 Å². The molecule has 2 aliphatic heterocycles. The number of hydrogen-bond donors (Lipinski definition) is 2. The Hall–Kier alpha value is -0.690. The Morgan fingerprint density at radius 3 is 3.05 bits per heavy atom. The molecule has 3 atom stereocenters. The first kappa shape index (κ1) is 15.7. The molecule has 3 N–H and O–H groups in total. The van der Waals surface area contributed by atoms with E-state index in [0.29, 0.717) is 33.0 Å². The van der Waals surface area contributed by atoms with Gasteiger partial charge in [-0.15, -0.1) is 0 Å². The number of ether oxygens (including phenoxy) is 3. The van der Waals surface area contributed by atoms with E-state index in [4.69, 9.17) is 19.9 Å². The van der Waals surface area contributed by atoms with Gasteiger partial charge >= 0.3 is 0 Å². The third-order valence-electron chi connectivity index (χ3n) is 4.12. The van der Waals surface area contributed by atoms with Gasteiger partial charge in [0.25, 0.3) is 0 Å². The molecular formula is C14H26N2O4. The molecule has 2 rings (SSSR count). The molecule has 116 valence electrons. The van der Waals surface area contributed by atoms with E-state index >= 15 is 0 Å². The van der Waals surface area contributed by atoms with Crippen LogP contribution in [0, 0.1) is 5.41 Å². The Morgan fingerprint density at radius 1 is 1.55 bits per heavy atom. The van der Waals surface area contributed by atoms with Gasteiger partial charge in [-0.3, -0.25) is 4.79 Å². The van der Waals surface area contributed by atoms with Crippen molar-refractivity contribution in [3.63, 3.8) is 0 Å². The molecule has 0 radical (unpaired) electrons. The predicted octanol–water partition coefficient (Wildman–Crippen LogP) is 0.0521. The lowest BCUT2D eigenvalue weighted by Gasteiger charge is -2.25. The predicted molar refractivity (Wildman–Crippen MR) is 74.3 cm³/mol. The second kappa shape index (κ2) is 7.36. The van der Waals surface area contributed by atoms with E-state index in [0.717, 1.165) is 25.9 Å². The van der Waals surface area contributed by atoms with Crippen molar-refractivity contribution >= 4 is 5.91 Å². The van der Waals surface area contributed by atoms with Crippen LogP contribution in [0.15, 0.2) is 0 Å². The maximum absolute atomic E-state index is 12.1. The maximum atomic E-state index is 12.1. The summed E-state index contributed by atoms with van der Waals surface area (Å²) >= 11 is 0. The second-order valence-electron chi connectivity index (χ2n) is 5.86. The lowest BCUT2D eigenvalue weighted by molar-refractivity contribution is -0.130. The van der Waals surface area contributed by atoms with Gasteiger partial charge in [-0.25, -0.2) is 0 Å². The highest BCUT2D eigenvalue weighted by Gasteiger charge is 2.44. The fourth-order valence-electron chi connectivity index (χ4n) is 2.49. The minimum absolute atomic E-state index is 0.0263. The maximum Gasteiger partial charge on any atom is 0.229 e.